The lowest BCUT2D eigenvalue weighted by Gasteiger charge is -2.13. The highest BCUT2D eigenvalue weighted by atomic mass is 31.2. The molecule has 2 aromatic carbocycles. The largest absolute Gasteiger partial charge is 0.436 e. The second-order valence-corrected chi connectivity index (χ2v) is 8.28. The Bertz CT molecular complexity index is 940. The van der Waals surface area contributed by atoms with Crippen LogP contribution >= 0.6 is 7.37 Å². The van der Waals surface area contributed by atoms with Crippen LogP contribution in [0.5, 0.6) is 0 Å². The first-order chi connectivity index (χ1) is 11.8. The van der Waals surface area contributed by atoms with Crippen LogP contribution in [0.1, 0.15) is 12.5 Å². The van der Waals surface area contributed by atoms with Crippen LogP contribution in [0.2, 0.25) is 0 Å². The van der Waals surface area contributed by atoms with Crippen LogP contribution in [0.25, 0.3) is 22.6 Å². The summed E-state index contributed by atoms with van der Waals surface area (Å²) in [6.45, 7) is 1.77. The molecule has 1 aromatic heterocycles. The lowest BCUT2D eigenvalue weighted by atomic mass is 10.1. The third-order valence-corrected chi connectivity index (χ3v) is 6.42. The highest BCUT2D eigenvalue weighted by Crippen LogP contribution is 2.44. The summed E-state index contributed by atoms with van der Waals surface area (Å²) in [4.78, 5) is 4.29. The minimum atomic E-state index is -4.39. The molecule has 0 amide bonds. The Kier molecular flexibility index (Phi) is 4.47. The van der Waals surface area contributed by atoms with E-state index >= 15 is 0 Å². The van der Waals surface area contributed by atoms with Crippen molar-refractivity contribution >= 4 is 23.8 Å². The van der Waals surface area contributed by atoms with Crippen LogP contribution in [0.4, 0.5) is 13.2 Å². The predicted octanol–water partition coefficient (Wildman–Crippen LogP) is 5.08. The zero-order chi connectivity index (χ0) is 18.2. The Morgan fingerprint density at radius 3 is 2.40 bits per heavy atom. The predicted molar refractivity (Wildman–Crippen MR) is 89.2 cm³/mol. The summed E-state index contributed by atoms with van der Waals surface area (Å²) in [5.74, 6) is 0.199. The summed E-state index contributed by atoms with van der Waals surface area (Å²) in [7, 11) is -1.54. The van der Waals surface area contributed by atoms with Crippen molar-refractivity contribution in [2.24, 2.45) is 0 Å². The first-order valence-corrected chi connectivity index (χ1v) is 9.31. The molecule has 3 rings (SSSR count). The van der Waals surface area contributed by atoms with Crippen LogP contribution in [0.3, 0.4) is 0 Å². The summed E-state index contributed by atoms with van der Waals surface area (Å²) in [5, 5.41) is 0.525. The first kappa shape index (κ1) is 17.7. The minimum Gasteiger partial charge on any atom is -0.436 e. The fraction of sp³-hybridized carbons (Fsp3) is 0.235. The van der Waals surface area contributed by atoms with Crippen LogP contribution in [-0.4, -0.2) is 18.3 Å². The first-order valence-electron chi connectivity index (χ1n) is 7.50. The van der Waals surface area contributed by atoms with Crippen molar-refractivity contribution in [3.8, 4) is 11.5 Å². The van der Waals surface area contributed by atoms with Gasteiger partial charge in [-0.05, 0) is 42.5 Å². The number of benzene rings is 2. The van der Waals surface area contributed by atoms with Gasteiger partial charge in [0.05, 0.1) is 5.56 Å². The summed E-state index contributed by atoms with van der Waals surface area (Å²) in [6.07, 6.45) is -4.05. The van der Waals surface area contributed by atoms with Gasteiger partial charge >= 0.3 is 6.18 Å². The summed E-state index contributed by atoms with van der Waals surface area (Å²) < 4.78 is 61.3. The molecule has 25 heavy (non-hydrogen) atoms. The van der Waals surface area contributed by atoms with Gasteiger partial charge in [0.25, 0.3) is 0 Å². The smallest absolute Gasteiger partial charge is 0.416 e. The molecule has 3 aromatic rings. The maximum atomic E-state index is 12.6. The van der Waals surface area contributed by atoms with Gasteiger partial charge in [0, 0.05) is 24.1 Å². The molecular weight excluding hydrogens is 354 g/mol. The van der Waals surface area contributed by atoms with Crippen molar-refractivity contribution in [2.75, 3.05) is 13.3 Å². The molecule has 132 valence electrons. The number of hydrogen-bond acceptors (Lipinski definition) is 4. The van der Waals surface area contributed by atoms with Gasteiger partial charge in [-0.3, -0.25) is 4.57 Å². The maximum absolute atomic E-state index is 12.6. The van der Waals surface area contributed by atoms with E-state index in [0.29, 0.717) is 28.1 Å². The molecule has 1 atom stereocenters. The van der Waals surface area contributed by atoms with Crippen molar-refractivity contribution in [3.05, 3.63) is 48.0 Å². The number of hydrogen-bond donors (Lipinski definition) is 0. The van der Waals surface area contributed by atoms with Gasteiger partial charge in [0.2, 0.25) is 13.3 Å². The molecule has 0 aliphatic heterocycles. The van der Waals surface area contributed by atoms with Crippen molar-refractivity contribution in [3.63, 3.8) is 0 Å². The number of nitrogens with zero attached hydrogens (tertiary/aromatic N) is 1. The third kappa shape index (κ3) is 3.34. The number of alkyl halides is 3. The molecule has 0 saturated carbocycles. The van der Waals surface area contributed by atoms with Gasteiger partial charge in [-0.1, -0.05) is 6.92 Å². The second-order valence-electron chi connectivity index (χ2n) is 5.42. The molecule has 0 aliphatic carbocycles. The molecule has 8 heteroatoms. The Labute approximate surface area is 142 Å². The quantitative estimate of drug-likeness (QED) is 0.602. The SMILES string of the molecule is CCP(=O)(OC)c1ccc2oc(-c3ccc(C(F)(F)F)cc3)nc2c1. The number of fused-ring (bicyclic) bond motifs is 1. The fourth-order valence-electron chi connectivity index (χ4n) is 2.47. The van der Waals surface area contributed by atoms with Gasteiger partial charge in [0.1, 0.15) is 5.52 Å². The Morgan fingerprint density at radius 1 is 1.16 bits per heavy atom. The monoisotopic (exact) mass is 369 g/mol. The molecule has 4 nitrogen and oxygen atoms in total. The zero-order valence-corrected chi connectivity index (χ0v) is 14.4. The van der Waals surface area contributed by atoms with E-state index in [1.807, 2.05) is 0 Å². The van der Waals surface area contributed by atoms with Crippen molar-refractivity contribution < 1.29 is 26.7 Å². The van der Waals surface area contributed by atoms with E-state index in [0.717, 1.165) is 12.1 Å². The number of halogens is 3. The highest BCUT2D eigenvalue weighted by Gasteiger charge is 2.30. The van der Waals surface area contributed by atoms with E-state index in [9.17, 15) is 17.7 Å². The van der Waals surface area contributed by atoms with Crippen LogP contribution in [-0.2, 0) is 15.3 Å². The number of aromatic nitrogens is 1. The van der Waals surface area contributed by atoms with E-state index in [4.69, 9.17) is 8.94 Å². The fourth-order valence-corrected chi connectivity index (χ4v) is 3.92. The Balaban J connectivity index is 2.00. The van der Waals surface area contributed by atoms with E-state index in [2.05, 4.69) is 4.98 Å². The van der Waals surface area contributed by atoms with Crippen LogP contribution in [0, 0.1) is 0 Å². The molecule has 0 aliphatic rings. The third-order valence-electron chi connectivity index (χ3n) is 3.93. The number of oxazole rings is 1. The molecule has 0 radical (unpaired) electrons. The molecule has 1 unspecified atom stereocenters. The summed E-state index contributed by atoms with van der Waals surface area (Å²) in [5.41, 5.74) is 0.616. The molecule has 0 N–H and O–H groups in total. The average molecular weight is 369 g/mol. The normalized spacial score (nSPS) is 14.6. The highest BCUT2D eigenvalue weighted by molar-refractivity contribution is 7.66. The maximum Gasteiger partial charge on any atom is 0.416 e. The van der Waals surface area contributed by atoms with Gasteiger partial charge in [0.15, 0.2) is 5.58 Å². The van der Waals surface area contributed by atoms with E-state index in [1.165, 1.54) is 19.2 Å². The van der Waals surface area contributed by atoms with Crippen molar-refractivity contribution in [1.29, 1.82) is 0 Å². The van der Waals surface area contributed by atoms with Gasteiger partial charge < -0.3 is 8.94 Å². The Morgan fingerprint density at radius 2 is 1.84 bits per heavy atom. The lowest BCUT2D eigenvalue weighted by molar-refractivity contribution is -0.137. The zero-order valence-electron chi connectivity index (χ0n) is 13.5. The topological polar surface area (TPSA) is 52.3 Å². The molecule has 0 bridgehead atoms. The van der Waals surface area contributed by atoms with Crippen LogP contribution < -0.4 is 5.30 Å². The lowest BCUT2D eigenvalue weighted by Crippen LogP contribution is -2.07. The van der Waals surface area contributed by atoms with Crippen molar-refractivity contribution in [2.45, 2.75) is 13.1 Å². The minimum absolute atomic E-state index is 0.199. The van der Waals surface area contributed by atoms with Crippen molar-refractivity contribution in [1.82, 2.24) is 4.98 Å². The average Bonchev–Trinajstić information content (AvgIpc) is 3.03. The Hall–Kier alpha value is -2.11. The molecule has 0 fully saturated rings. The number of rotatable bonds is 4. The molecular formula is C17H15F3NO3P. The molecule has 0 saturated heterocycles. The van der Waals surface area contributed by atoms with E-state index in [-0.39, 0.29) is 5.89 Å². The summed E-state index contributed by atoms with van der Waals surface area (Å²) >= 11 is 0. The molecule has 0 spiro atoms. The second kappa shape index (κ2) is 6.32. The standard InChI is InChI=1S/C17H15F3NO3P/c1-3-25(22,23-2)13-8-9-15-14(10-13)21-16(24-15)11-4-6-12(7-5-11)17(18,19)20/h4-10H,3H2,1-2H3. The van der Waals surface area contributed by atoms with Gasteiger partial charge in [-0.25, -0.2) is 4.98 Å². The van der Waals surface area contributed by atoms with Crippen LogP contribution in [0.15, 0.2) is 46.9 Å². The molecule has 1 heterocycles. The van der Waals surface area contributed by atoms with Gasteiger partial charge in [-0.15, -0.1) is 0 Å². The summed E-state index contributed by atoms with van der Waals surface area (Å²) in [6, 6.07) is 9.48. The van der Waals surface area contributed by atoms with E-state index in [1.54, 1.807) is 25.1 Å². The van der Waals surface area contributed by atoms with Gasteiger partial charge in [-0.2, -0.15) is 13.2 Å². The van der Waals surface area contributed by atoms with E-state index < -0.39 is 19.1 Å².